The molecule has 0 amide bonds. The van der Waals surface area contributed by atoms with E-state index in [1.807, 2.05) is 0 Å². The molecule has 0 saturated heterocycles. The fraction of sp³-hybridized carbons (Fsp3) is 0.455. The van der Waals surface area contributed by atoms with Crippen molar-refractivity contribution < 1.29 is 31.4 Å². The van der Waals surface area contributed by atoms with Crippen molar-refractivity contribution in [2.45, 2.75) is 12.2 Å². The number of alkyl halides is 3. The summed E-state index contributed by atoms with van der Waals surface area (Å²) < 4.78 is 71.5. The maximum Gasteiger partial charge on any atom is 0.411 e. The van der Waals surface area contributed by atoms with Gasteiger partial charge in [0.1, 0.15) is 24.0 Å². The van der Waals surface area contributed by atoms with Gasteiger partial charge in [-0.15, -0.1) is 0 Å². The van der Waals surface area contributed by atoms with Crippen molar-refractivity contribution in [3.05, 3.63) is 29.3 Å². The summed E-state index contributed by atoms with van der Waals surface area (Å²) in [6.07, 6.45) is -4.52. The fourth-order valence-electron chi connectivity index (χ4n) is 1.42. The number of hydrogen-bond acceptors (Lipinski definition) is 3. The maximum atomic E-state index is 13.5. The van der Waals surface area contributed by atoms with Gasteiger partial charge in [0.2, 0.25) is 0 Å². The average Bonchev–Trinajstić information content (AvgIpc) is 2.26. The Bertz CT molecular complexity index is 413. The van der Waals surface area contributed by atoms with Crippen LogP contribution in [0.15, 0.2) is 12.1 Å². The molecule has 0 spiro atoms. The molecular weight excluding hydrogens is 273 g/mol. The molecule has 1 aromatic rings. The Kier molecular flexibility index (Phi) is 5.07. The van der Waals surface area contributed by atoms with E-state index in [2.05, 4.69) is 9.47 Å². The van der Waals surface area contributed by atoms with Crippen molar-refractivity contribution >= 4 is 0 Å². The molecule has 19 heavy (non-hydrogen) atoms. The van der Waals surface area contributed by atoms with Crippen molar-refractivity contribution in [3.63, 3.8) is 0 Å². The average molecular weight is 285 g/mol. The van der Waals surface area contributed by atoms with Crippen molar-refractivity contribution in [1.82, 2.24) is 0 Å². The molecule has 1 atom stereocenters. The number of halogens is 5. The number of methoxy groups -OCH3 is 1. The molecule has 0 aliphatic rings. The molecule has 0 radical (unpaired) electrons. The number of ether oxygens (including phenoxy) is 2. The third-order valence-electron chi connectivity index (χ3n) is 2.22. The quantitative estimate of drug-likeness (QED) is 0.846. The summed E-state index contributed by atoms with van der Waals surface area (Å²) >= 11 is 0. The lowest BCUT2D eigenvalue weighted by Crippen LogP contribution is -2.24. The number of benzene rings is 1. The summed E-state index contributed by atoms with van der Waals surface area (Å²) in [4.78, 5) is 0. The number of nitrogens with two attached hydrogens (primary N) is 1. The SMILES string of the molecule is COc1cc(F)c(C(N)COCC(F)(F)F)c(F)c1. The van der Waals surface area contributed by atoms with Crippen LogP contribution in [0.25, 0.3) is 0 Å². The molecular formula is C11H12F5NO2. The van der Waals surface area contributed by atoms with Gasteiger partial charge in [0.15, 0.2) is 0 Å². The highest BCUT2D eigenvalue weighted by Crippen LogP contribution is 2.25. The van der Waals surface area contributed by atoms with E-state index in [0.717, 1.165) is 12.1 Å². The molecule has 1 aromatic carbocycles. The van der Waals surface area contributed by atoms with Crippen molar-refractivity contribution in [2.75, 3.05) is 20.3 Å². The van der Waals surface area contributed by atoms with E-state index >= 15 is 0 Å². The predicted molar refractivity (Wildman–Crippen MR) is 56.7 cm³/mol. The van der Waals surface area contributed by atoms with Crippen LogP contribution >= 0.6 is 0 Å². The van der Waals surface area contributed by atoms with Crippen molar-refractivity contribution in [1.29, 1.82) is 0 Å². The van der Waals surface area contributed by atoms with E-state index in [1.54, 1.807) is 0 Å². The van der Waals surface area contributed by atoms with Gasteiger partial charge in [0, 0.05) is 17.7 Å². The van der Waals surface area contributed by atoms with E-state index in [9.17, 15) is 22.0 Å². The minimum absolute atomic E-state index is 0.0536. The minimum Gasteiger partial charge on any atom is -0.497 e. The highest BCUT2D eigenvalue weighted by atomic mass is 19.4. The van der Waals surface area contributed by atoms with Gasteiger partial charge < -0.3 is 15.2 Å². The molecule has 0 fully saturated rings. The van der Waals surface area contributed by atoms with Crippen LogP contribution in [-0.4, -0.2) is 26.5 Å². The van der Waals surface area contributed by atoms with E-state index in [1.165, 1.54) is 7.11 Å². The number of hydrogen-bond donors (Lipinski definition) is 1. The second-order valence-electron chi connectivity index (χ2n) is 3.74. The first-order valence-electron chi connectivity index (χ1n) is 5.17. The Balaban J connectivity index is 2.74. The molecule has 0 aliphatic heterocycles. The zero-order valence-electron chi connectivity index (χ0n) is 9.93. The fourth-order valence-corrected chi connectivity index (χ4v) is 1.42. The van der Waals surface area contributed by atoms with Crippen LogP contribution in [0.4, 0.5) is 22.0 Å². The van der Waals surface area contributed by atoms with Gasteiger partial charge in [-0.1, -0.05) is 0 Å². The molecule has 1 rings (SSSR count). The monoisotopic (exact) mass is 285 g/mol. The lowest BCUT2D eigenvalue weighted by atomic mass is 10.1. The molecule has 3 nitrogen and oxygen atoms in total. The Hall–Kier alpha value is -1.41. The van der Waals surface area contributed by atoms with Gasteiger partial charge >= 0.3 is 6.18 Å². The highest BCUT2D eigenvalue weighted by Gasteiger charge is 2.28. The van der Waals surface area contributed by atoms with Gasteiger partial charge in [0.05, 0.1) is 19.8 Å². The molecule has 2 N–H and O–H groups in total. The Morgan fingerprint density at radius 3 is 2.16 bits per heavy atom. The first-order valence-corrected chi connectivity index (χ1v) is 5.17. The topological polar surface area (TPSA) is 44.5 Å². The normalized spacial score (nSPS) is 13.4. The molecule has 0 aliphatic carbocycles. The summed E-state index contributed by atoms with van der Waals surface area (Å²) in [5.41, 5.74) is 4.87. The summed E-state index contributed by atoms with van der Waals surface area (Å²) in [6.45, 7) is -2.18. The van der Waals surface area contributed by atoms with E-state index in [0.29, 0.717) is 0 Å². The lowest BCUT2D eigenvalue weighted by Gasteiger charge is -2.16. The molecule has 0 heterocycles. The number of rotatable bonds is 5. The van der Waals surface area contributed by atoms with Crippen LogP contribution in [0.2, 0.25) is 0 Å². The molecule has 0 saturated carbocycles. The largest absolute Gasteiger partial charge is 0.497 e. The van der Waals surface area contributed by atoms with Crippen LogP contribution in [0, 0.1) is 11.6 Å². The predicted octanol–water partition coefficient (Wildman–Crippen LogP) is 2.55. The van der Waals surface area contributed by atoms with Crippen molar-refractivity contribution in [2.24, 2.45) is 5.73 Å². The van der Waals surface area contributed by atoms with Gasteiger partial charge in [-0.2, -0.15) is 13.2 Å². The Morgan fingerprint density at radius 2 is 1.74 bits per heavy atom. The van der Waals surface area contributed by atoms with Crippen LogP contribution in [-0.2, 0) is 4.74 Å². The molecule has 1 unspecified atom stereocenters. The summed E-state index contributed by atoms with van der Waals surface area (Å²) in [6, 6.07) is 0.442. The lowest BCUT2D eigenvalue weighted by molar-refractivity contribution is -0.174. The second kappa shape index (κ2) is 6.16. The summed E-state index contributed by atoms with van der Waals surface area (Å²) in [7, 11) is 1.22. The first kappa shape index (κ1) is 15.6. The zero-order valence-corrected chi connectivity index (χ0v) is 9.93. The second-order valence-corrected chi connectivity index (χ2v) is 3.74. The minimum atomic E-state index is -4.52. The first-order chi connectivity index (χ1) is 8.74. The van der Waals surface area contributed by atoms with Gasteiger partial charge in [-0.05, 0) is 0 Å². The molecule has 0 aromatic heterocycles. The summed E-state index contributed by atoms with van der Waals surface area (Å²) in [5, 5.41) is 0. The highest BCUT2D eigenvalue weighted by molar-refractivity contribution is 5.32. The van der Waals surface area contributed by atoms with Crippen molar-refractivity contribution in [3.8, 4) is 5.75 Å². The Morgan fingerprint density at radius 1 is 1.21 bits per heavy atom. The third kappa shape index (κ3) is 4.64. The van der Waals surface area contributed by atoms with E-state index in [-0.39, 0.29) is 5.75 Å². The third-order valence-corrected chi connectivity index (χ3v) is 2.22. The van der Waals surface area contributed by atoms with Crippen LogP contribution in [0.5, 0.6) is 5.75 Å². The van der Waals surface area contributed by atoms with E-state index < -0.39 is 42.6 Å². The standard InChI is InChI=1S/C11H12F5NO2/c1-18-6-2-7(12)10(8(13)3-6)9(17)4-19-5-11(14,15)16/h2-3,9H,4-5,17H2,1H3. The smallest absolute Gasteiger partial charge is 0.411 e. The van der Waals surface area contributed by atoms with Gasteiger partial charge in [0.25, 0.3) is 0 Å². The molecule has 0 bridgehead atoms. The van der Waals surface area contributed by atoms with Crippen LogP contribution < -0.4 is 10.5 Å². The maximum absolute atomic E-state index is 13.5. The van der Waals surface area contributed by atoms with Gasteiger partial charge in [-0.3, -0.25) is 0 Å². The van der Waals surface area contributed by atoms with Gasteiger partial charge in [-0.25, -0.2) is 8.78 Å². The van der Waals surface area contributed by atoms with Crippen LogP contribution in [0.1, 0.15) is 11.6 Å². The molecule has 108 valence electrons. The Labute approximate surface area is 106 Å². The van der Waals surface area contributed by atoms with E-state index in [4.69, 9.17) is 5.73 Å². The summed E-state index contributed by atoms with van der Waals surface area (Å²) in [5.74, 6) is -2.05. The molecule has 8 heteroatoms. The zero-order chi connectivity index (χ0) is 14.6. The van der Waals surface area contributed by atoms with Crippen LogP contribution in [0.3, 0.4) is 0 Å².